The van der Waals surface area contributed by atoms with E-state index < -0.39 is 0 Å². The first kappa shape index (κ1) is 21.6. The number of likely N-dealkylation sites (tertiary alicyclic amines) is 1. The number of fused-ring (bicyclic) bond motifs is 1. The first-order chi connectivity index (χ1) is 13.6. The minimum atomic E-state index is 0. The van der Waals surface area contributed by atoms with Crippen LogP contribution in [-0.2, 0) is 13.1 Å². The molecule has 0 bridgehead atoms. The fourth-order valence-electron chi connectivity index (χ4n) is 3.90. The Balaban J connectivity index is 0.00000240. The van der Waals surface area contributed by atoms with Gasteiger partial charge in [0.15, 0.2) is 0 Å². The Morgan fingerprint density at radius 2 is 1.90 bits per heavy atom. The smallest absolute Gasteiger partial charge is 0.253 e. The molecule has 0 atom stereocenters. The highest BCUT2D eigenvalue weighted by Crippen LogP contribution is 2.28. The molecule has 0 radical (unpaired) electrons. The van der Waals surface area contributed by atoms with Crippen LogP contribution in [0.5, 0.6) is 5.75 Å². The van der Waals surface area contributed by atoms with Crippen LogP contribution in [0, 0.1) is 5.92 Å². The lowest BCUT2D eigenvalue weighted by atomic mass is 9.95. The third-order valence-corrected chi connectivity index (χ3v) is 5.48. The van der Waals surface area contributed by atoms with Crippen LogP contribution in [0.1, 0.15) is 54.6 Å². The number of carbonyl (C=O) groups is 1. The van der Waals surface area contributed by atoms with Gasteiger partial charge in [0, 0.05) is 37.7 Å². The van der Waals surface area contributed by atoms with Gasteiger partial charge in [0.1, 0.15) is 17.4 Å². The van der Waals surface area contributed by atoms with Crippen molar-refractivity contribution in [2.75, 3.05) is 26.2 Å². The second-order valence-electron chi connectivity index (χ2n) is 8.10. The average Bonchev–Trinajstić information content (AvgIpc) is 3.16. The molecule has 2 aromatic rings. The van der Waals surface area contributed by atoms with Crippen LogP contribution in [0.25, 0.3) is 0 Å². The largest absolute Gasteiger partial charge is 0.493 e. The number of piperidine rings is 1. The number of aromatic nitrogens is 3. The number of hydrogen-bond donors (Lipinski definition) is 1. The lowest BCUT2D eigenvalue weighted by Crippen LogP contribution is -2.38. The van der Waals surface area contributed by atoms with Gasteiger partial charge in [-0.05, 0) is 43.0 Å². The Kier molecular flexibility index (Phi) is 7.14. The summed E-state index contributed by atoms with van der Waals surface area (Å²) < 4.78 is 7.96. The number of halogens is 1. The van der Waals surface area contributed by atoms with Gasteiger partial charge in [-0.3, -0.25) is 4.79 Å². The van der Waals surface area contributed by atoms with E-state index >= 15 is 0 Å². The predicted molar refractivity (Wildman–Crippen MR) is 114 cm³/mol. The summed E-state index contributed by atoms with van der Waals surface area (Å²) >= 11 is 0. The maximum Gasteiger partial charge on any atom is 0.253 e. The van der Waals surface area contributed by atoms with Gasteiger partial charge in [0.25, 0.3) is 5.91 Å². The normalized spacial score (nSPS) is 17.0. The van der Waals surface area contributed by atoms with Crippen LogP contribution < -0.4 is 10.1 Å². The van der Waals surface area contributed by atoms with Gasteiger partial charge in [-0.25, -0.2) is 0 Å². The molecule has 1 aromatic carbocycles. The molecule has 0 unspecified atom stereocenters. The van der Waals surface area contributed by atoms with E-state index in [0.717, 1.165) is 68.5 Å². The first-order valence-electron chi connectivity index (χ1n) is 10.3. The number of nitrogens with zero attached hydrogens (tertiary/aromatic N) is 4. The third-order valence-electron chi connectivity index (χ3n) is 5.48. The van der Waals surface area contributed by atoms with Crippen molar-refractivity contribution in [3.63, 3.8) is 0 Å². The topological polar surface area (TPSA) is 72.3 Å². The molecule has 1 fully saturated rings. The SMILES string of the molecule is CC(C)COc1ccc(C(=O)N2CCC(c3nnc4n3CCNC4)CC2)cc1.Cl. The number of rotatable bonds is 5. The van der Waals surface area contributed by atoms with E-state index in [9.17, 15) is 4.79 Å². The predicted octanol–water partition coefficient (Wildman–Crippen LogP) is 2.86. The fraction of sp³-hybridized carbons (Fsp3) is 0.571. The third kappa shape index (κ3) is 4.90. The fourth-order valence-corrected chi connectivity index (χ4v) is 3.90. The molecule has 29 heavy (non-hydrogen) atoms. The van der Waals surface area contributed by atoms with Crippen molar-refractivity contribution >= 4 is 18.3 Å². The van der Waals surface area contributed by atoms with Gasteiger partial charge in [-0.15, -0.1) is 22.6 Å². The minimum absolute atomic E-state index is 0. The zero-order valence-corrected chi connectivity index (χ0v) is 18.0. The Labute approximate surface area is 178 Å². The summed E-state index contributed by atoms with van der Waals surface area (Å²) in [5.41, 5.74) is 0.723. The zero-order valence-electron chi connectivity index (χ0n) is 17.1. The molecule has 1 amide bonds. The molecule has 7 nitrogen and oxygen atoms in total. The van der Waals surface area contributed by atoms with E-state index in [0.29, 0.717) is 18.4 Å². The maximum absolute atomic E-state index is 12.8. The van der Waals surface area contributed by atoms with Crippen LogP contribution in [-0.4, -0.2) is 51.8 Å². The number of hydrogen-bond acceptors (Lipinski definition) is 5. The Hall–Kier alpha value is -2.12. The number of amides is 1. The van der Waals surface area contributed by atoms with Gasteiger partial charge >= 0.3 is 0 Å². The molecule has 4 rings (SSSR count). The molecule has 0 aliphatic carbocycles. The van der Waals surface area contributed by atoms with Gasteiger partial charge in [-0.2, -0.15) is 0 Å². The summed E-state index contributed by atoms with van der Waals surface area (Å²) in [5, 5.41) is 12.1. The summed E-state index contributed by atoms with van der Waals surface area (Å²) in [6.07, 6.45) is 1.87. The molecular weight excluding hydrogens is 390 g/mol. The number of nitrogens with one attached hydrogen (secondary N) is 1. The summed E-state index contributed by atoms with van der Waals surface area (Å²) in [6.45, 7) is 9.13. The summed E-state index contributed by atoms with van der Waals surface area (Å²) in [6, 6.07) is 7.51. The maximum atomic E-state index is 12.8. The Bertz CT molecular complexity index is 813. The van der Waals surface area contributed by atoms with Crippen LogP contribution in [0.2, 0.25) is 0 Å². The molecule has 8 heteroatoms. The van der Waals surface area contributed by atoms with Crippen molar-refractivity contribution in [2.45, 2.75) is 45.7 Å². The lowest BCUT2D eigenvalue weighted by Gasteiger charge is -2.32. The Morgan fingerprint density at radius 3 is 2.59 bits per heavy atom. The van der Waals surface area contributed by atoms with Crippen molar-refractivity contribution in [1.29, 1.82) is 0 Å². The highest BCUT2D eigenvalue weighted by Gasteiger charge is 2.29. The van der Waals surface area contributed by atoms with Crippen molar-refractivity contribution in [2.24, 2.45) is 5.92 Å². The van der Waals surface area contributed by atoms with Crippen molar-refractivity contribution < 1.29 is 9.53 Å². The standard InChI is InChI=1S/C21H29N5O2.ClH/c1-15(2)14-28-18-5-3-17(4-6-18)21(27)25-10-7-16(8-11-25)20-24-23-19-13-22-9-12-26(19)20;/h3-6,15-16,22H,7-14H2,1-2H3;1H. The second kappa shape index (κ2) is 9.59. The van der Waals surface area contributed by atoms with E-state index in [1.165, 1.54) is 0 Å². The minimum Gasteiger partial charge on any atom is -0.493 e. The van der Waals surface area contributed by atoms with Crippen molar-refractivity contribution in [1.82, 2.24) is 25.0 Å². The molecule has 0 saturated carbocycles. The van der Waals surface area contributed by atoms with Crippen LogP contribution in [0.4, 0.5) is 0 Å². The molecule has 1 N–H and O–H groups in total. The van der Waals surface area contributed by atoms with Crippen molar-refractivity contribution in [3.05, 3.63) is 41.5 Å². The molecule has 0 spiro atoms. The van der Waals surface area contributed by atoms with Gasteiger partial charge in [0.05, 0.1) is 13.2 Å². The van der Waals surface area contributed by atoms with E-state index in [1.54, 1.807) is 0 Å². The molecular formula is C21H30ClN5O2. The average molecular weight is 420 g/mol. The van der Waals surface area contributed by atoms with Gasteiger partial charge in [-0.1, -0.05) is 13.8 Å². The van der Waals surface area contributed by atoms with E-state index in [2.05, 4.69) is 33.9 Å². The van der Waals surface area contributed by atoms with Crippen LogP contribution in [0.3, 0.4) is 0 Å². The van der Waals surface area contributed by atoms with Crippen LogP contribution >= 0.6 is 12.4 Å². The van der Waals surface area contributed by atoms with E-state index in [-0.39, 0.29) is 18.3 Å². The molecule has 3 heterocycles. The molecule has 1 saturated heterocycles. The number of carbonyl (C=O) groups excluding carboxylic acids is 1. The quantitative estimate of drug-likeness (QED) is 0.806. The molecule has 2 aliphatic rings. The second-order valence-corrected chi connectivity index (χ2v) is 8.10. The van der Waals surface area contributed by atoms with Crippen molar-refractivity contribution in [3.8, 4) is 5.75 Å². The molecule has 158 valence electrons. The lowest BCUT2D eigenvalue weighted by molar-refractivity contribution is 0.0710. The summed E-state index contributed by atoms with van der Waals surface area (Å²) in [5.74, 6) is 3.90. The zero-order chi connectivity index (χ0) is 19.5. The molecule has 1 aromatic heterocycles. The van der Waals surface area contributed by atoms with Gasteiger partial charge < -0.3 is 19.5 Å². The highest BCUT2D eigenvalue weighted by molar-refractivity contribution is 5.94. The molecule has 2 aliphatic heterocycles. The van der Waals surface area contributed by atoms with Crippen LogP contribution in [0.15, 0.2) is 24.3 Å². The first-order valence-corrected chi connectivity index (χ1v) is 10.3. The summed E-state index contributed by atoms with van der Waals surface area (Å²) in [7, 11) is 0. The number of benzene rings is 1. The van der Waals surface area contributed by atoms with E-state index in [4.69, 9.17) is 4.74 Å². The number of ether oxygens (including phenoxy) is 1. The van der Waals surface area contributed by atoms with Gasteiger partial charge in [0.2, 0.25) is 0 Å². The monoisotopic (exact) mass is 419 g/mol. The Morgan fingerprint density at radius 1 is 1.17 bits per heavy atom. The highest BCUT2D eigenvalue weighted by atomic mass is 35.5. The summed E-state index contributed by atoms with van der Waals surface area (Å²) in [4.78, 5) is 14.8. The van der Waals surface area contributed by atoms with E-state index in [1.807, 2.05) is 29.2 Å².